The van der Waals surface area contributed by atoms with Gasteiger partial charge in [0, 0.05) is 11.5 Å². The average Bonchev–Trinajstić information content (AvgIpc) is 2.65. The van der Waals surface area contributed by atoms with E-state index in [9.17, 15) is 4.79 Å². The quantitative estimate of drug-likeness (QED) is 0.355. The second-order valence-corrected chi connectivity index (χ2v) is 5.88. The van der Waals surface area contributed by atoms with Crippen molar-refractivity contribution >= 4 is 5.97 Å². The molecule has 0 aromatic heterocycles. The fourth-order valence-corrected chi connectivity index (χ4v) is 3.85. The molecule has 1 saturated heterocycles. The van der Waals surface area contributed by atoms with Crippen LogP contribution in [0.4, 0.5) is 0 Å². The Morgan fingerprint density at radius 3 is 2.94 bits per heavy atom. The van der Waals surface area contributed by atoms with Crippen LogP contribution >= 0.6 is 0 Å². The minimum absolute atomic E-state index is 0.0900. The Morgan fingerprint density at radius 2 is 2.19 bits per heavy atom. The van der Waals surface area contributed by atoms with Gasteiger partial charge in [0.05, 0.1) is 0 Å². The summed E-state index contributed by atoms with van der Waals surface area (Å²) in [4.78, 5) is 11.5. The molecule has 3 aliphatic rings. The molecule has 2 saturated carbocycles. The summed E-state index contributed by atoms with van der Waals surface area (Å²) in [7, 11) is 0. The molecule has 0 N–H and O–H groups in total. The molecule has 2 nitrogen and oxygen atoms in total. The van der Waals surface area contributed by atoms with E-state index in [1.54, 1.807) is 0 Å². The topological polar surface area (TPSA) is 26.3 Å². The summed E-state index contributed by atoms with van der Waals surface area (Å²) in [6.45, 7) is 10.4. The molecule has 4 unspecified atom stereocenters. The molecule has 1 aliphatic heterocycles. The fraction of sp³-hybridized carbons (Fsp3) is 0.643. The van der Waals surface area contributed by atoms with E-state index in [-0.39, 0.29) is 18.0 Å². The monoisotopic (exact) mass is 218 g/mol. The molecule has 0 radical (unpaired) electrons. The van der Waals surface area contributed by atoms with Crippen LogP contribution in [-0.2, 0) is 9.53 Å². The number of carbonyl (C=O) groups excluding carboxylic acids is 1. The van der Waals surface area contributed by atoms with Gasteiger partial charge in [0.2, 0.25) is 0 Å². The molecule has 2 aliphatic carbocycles. The first kappa shape index (κ1) is 10.1. The maximum atomic E-state index is 11.5. The Labute approximate surface area is 96.4 Å². The van der Waals surface area contributed by atoms with Crippen molar-refractivity contribution < 1.29 is 9.53 Å². The molecule has 3 rings (SSSR count). The summed E-state index contributed by atoms with van der Waals surface area (Å²) in [5.41, 5.74) is 2.36. The molecular weight excluding hydrogens is 200 g/mol. The van der Waals surface area contributed by atoms with E-state index in [1.165, 1.54) is 12.0 Å². The van der Waals surface area contributed by atoms with Crippen LogP contribution < -0.4 is 0 Å². The summed E-state index contributed by atoms with van der Waals surface area (Å²) in [6.07, 6.45) is 4.44. The Morgan fingerprint density at radius 1 is 1.44 bits per heavy atom. The molecule has 0 bridgehead atoms. The third-order valence-corrected chi connectivity index (χ3v) is 4.93. The molecular formula is C14H18O2. The lowest BCUT2D eigenvalue weighted by Gasteiger charge is -2.41. The molecule has 0 aromatic carbocycles. The molecule has 16 heavy (non-hydrogen) atoms. The van der Waals surface area contributed by atoms with Crippen molar-refractivity contribution in [3.63, 3.8) is 0 Å². The standard InChI is InChI=1S/C14H18O2/c1-8-4-5-14(3)7-12-10(6-11(8)14)9(2)13(15)16-12/h10-12H,1-2,4-7H2,3H3. The van der Waals surface area contributed by atoms with Gasteiger partial charge in [-0.3, -0.25) is 0 Å². The highest BCUT2D eigenvalue weighted by Gasteiger charge is 2.53. The van der Waals surface area contributed by atoms with Crippen molar-refractivity contribution in [1.82, 2.24) is 0 Å². The van der Waals surface area contributed by atoms with Gasteiger partial charge in [-0.1, -0.05) is 25.7 Å². The highest BCUT2D eigenvalue weighted by atomic mass is 16.6. The van der Waals surface area contributed by atoms with Crippen molar-refractivity contribution in [2.45, 2.75) is 38.7 Å². The zero-order valence-corrected chi connectivity index (χ0v) is 9.79. The molecule has 86 valence electrons. The molecule has 0 amide bonds. The average molecular weight is 218 g/mol. The third-order valence-electron chi connectivity index (χ3n) is 4.93. The molecule has 3 fully saturated rings. The van der Waals surface area contributed by atoms with Crippen LogP contribution in [0.25, 0.3) is 0 Å². The summed E-state index contributed by atoms with van der Waals surface area (Å²) in [5.74, 6) is 0.643. The van der Waals surface area contributed by atoms with Gasteiger partial charge < -0.3 is 4.74 Å². The second kappa shape index (κ2) is 2.99. The van der Waals surface area contributed by atoms with E-state index >= 15 is 0 Å². The van der Waals surface area contributed by atoms with Crippen LogP contribution in [-0.4, -0.2) is 12.1 Å². The summed E-state index contributed by atoms with van der Waals surface area (Å²) >= 11 is 0. The predicted molar refractivity (Wildman–Crippen MR) is 61.7 cm³/mol. The van der Waals surface area contributed by atoms with Crippen molar-refractivity contribution in [1.29, 1.82) is 0 Å². The Kier molecular flexibility index (Phi) is 1.90. The second-order valence-electron chi connectivity index (χ2n) is 5.88. The van der Waals surface area contributed by atoms with E-state index in [0.717, 1.165) is 19.3 Å². The van der Waals surface area contributed by atoms with E-state index in [0.29, 0.717) is 16.9 Å². The summed E-state index contributed by atoms with van der Waals surface area (Å²) in [5, 5.41) is 0. The SMILES string of the molecule is C=C1C(=O)OC2CC3(C)CCC(=C)C3CC12. The zero-order chi connectivity index (χ0) is 11.5. The lowest BCUT2D eigenvalue weighted by Crippen LogP contribution is -2.38. The molecule has 0 aromatic rings. The number of ether oxygens (including phenoxy) is 1. The van der Waals surface area contributed by atoms with Crippen LogP contribution in [0, 0.1) is 17.3 Å². The molecule has 2 heteroatoms. The van der Waals surface area contributed by atoms with Gasteiger partial charge in [-0.25, -0.2) is 4.79 Å². The van der Waals surface area contributed by atoms with Crippen LogP contribution in [0.15, 0.2) is 24.3 Å². The first-order valence-corrected chi connectivity index (χ1v) is 6.09. The lowest BCUT2D eigenvalue weighted by molar-refractivity contribution is -0.141. The molecule has 4 atom stereocenters. The van der Waals surface area contributed by atoms with Gasteiger partial charge in [0.1, 0.15) is 6.10 Å². The fourth-order valence-electron chi connectivity index (χ4n) is 3.85. The largest absolute Gasteiger partial charge is 0.458 e. The number of hydrogen-bond acceptors (Lipinski definition) is 2. The van der Waals surface area contributed by atoms with Crippen LogP contribution in [0.3, 0.4) is 0 Å². The number of rotatable bonds is 0. The van der Waals surface area contributed by atoms with Gasteiger partial charge in [0.15, 0.2) is 0 Å². The summed E-state index contributed by atoms with van der Waals surface area (Å²) < 4.78 is 5.42. The first-order chi connectivity index (χ1) is 7.51. The van der Waals surface area contributed by atoms with Crippen molar-refractivity contribution in [2.75, 3.05) is 0 Å². The maximum absolute atomic E-state index is 11.5. The number of fused-ring (bicyclic) bond motifs is 2. The number of hydrogen-bond donors (Lipinski definition) is 0. The van der Waals surface area contributed by atoms with E-state index in [2.05, 4.69) is 20.1 Å². The third kappa shape index (κ3) is 1.16. The number of allylic oxidation sites excluding steroid dienone is 1. The Bertz CT molecular complexity index is 396. The highest BCUT2D eigenvalue weighted by Crippen LogP contribution is 2.58. The normalized spacial score (nSPS) is 46.6. The van der Waals surface area contributed by atoms with Crippen LogP contribution in [0.5, 0.6) is 0 Å². The van der Waals surface area contributed by atoms with Crippen LogP contribution in [0.1, 0.15) is 32.6 Å². The predicted octanol–water partition coefficient (Wildman–Crippen LogP) is 2.85. The van der Waals surface area contributed by atoms with Gasteiger partial charge >= 0.3 is 5.97 Å². The van der Waals surface area contributed by atoms with Gasteiger partial charge in [-0.15, -0.1) is 0 Å². The first-order valence-electron chi connectivity index (χ1n) is 6.09. The summed E-state index contributed by atoms with van der Waals surface area (Å²) in [6, 6.07) is 0. The molecule has 0 spiro atoms. The van der Waals surface area contributed by atoms with Crippen molar-refractivity contribution in [3.05, 3.63) is 24.3 Å². The molecule has 1 heterocycles. The Hall–Kier alpha value is -1.05. The van der Waals surface area contributed by atoms with Gasteiger partial charge in [-0.2, -0.15) is 0 Å². The van der Waals surface area contributed by atoms with Crippen molar-refractivity contribution in [3.8, 4) is 0 Å². The lowest BCUT2D eigenvalue weighted by atomic mass is 9.63. The van der Waals surface area contributed by atoms with E-state index in [4.69, 9.17) is 4.74 Å². The van der Waals surface area contributed by atoms with Crippen LogP contribution in [0.2, 0.25) is 0 Å². The Balaban J connectivity index is 1.92. The smallest absolute Gasteiger partial charge is 0.334 e. The zero-order valence-electron chi connectivity index (χ0n) is 9.79. The van der Waals surface area contributed by atoms with E-state index < -0.39 is 0 Å². The minimum Gasteiger partial charge on any atom is -0.458 e. The number of esters is 1. The van der Waals surface area contributed by atoms with Gasteiger partial charge in [0.25, 0.3) is 0 Å². The maximum Gasteiger partial charge on any atom is 0.334 e. The van der Waals surface area contributed by atoms with E-state index in [1.807, 2.05) is 0 Å². The minimum atomic E-state index is -0.177. The highest BCUT2D eigenvalue weighted by molar-refractivity contribution is 5.90. The number of carbonyl (C=O) groups is 1. The van der Waals surface area contributed by atoms with Gasteiger partial charge in [-0.05, 0) is 37.0 Å². The van der Waals surface area contributed by atoms with Crippen molar-refractivity contribution in [2.24, 2.45) is 17.3 Å².